The molecule has 0 unspecified atom stereocenters. The highest BCUT2D eigenvalue weighted by Crippen LogP contribution is 2.17. The molecule has 0 aliphatic carbocycles. The molecule has 0 aromatic carbocycles. The van der Waals surface area contributed by atoms with E-state index in [0.29, 0.717) is 60.4 Å². The molecule has 14 heteroatoms. The van der Waals surface area contributed by atoms with Crippen LogP contribution in [0.25, 0.3) is 22.3 Å². The number of nitrogens with one attached hydrogen (secondary N) is 2. The van der Waals surface area contributed by atoms with Gasteiger partial charge in [-0.05, 0) is 0 Å². The van der Waals surface area contributed by atoms with Crippen molar-refractivity contribution in [3.63, 3.8) is 0 Å². The molecule has 0 radical (unpaired) electrons. The molecule has 0 atom stereocenters. The zero-order valence-corrected chi connectivity index (χ0v) is 16.5. The molecule has 4 aromatic rings. The highest BCUT2D eigenvalue weighted by Gasteiger charge is 2.08. The Bertz CT molecular complexity index is 996. The van der Waals surface area contributed by atoms with Crippen molar-refractivity contribution in [2.24, 2.45) is 0 Å². The summed E-state index contributed by atoms with van der Waals surface area (Å²) < 4.78 is 20.1. The largest absolute Gasteiger partial charge is 0.461 e. The Kier molecular flexibility index (Phi) is 7.07. The first-order valence-corrected chi connectivity index (χ1v) is 8.79. The average molecular weight is 418 g/mol. The lowest BCUT2D eigenvalue weighted by atomic mass is 10.5. The monoisotopic (exact) mass is 418 g/mol. The van der Waals surface area contributed by atoms with Gasteiger partial charge < -0.3 is 40.4 Å². The lowest BCUT2D eigenvalue weighted by Gasteiger charge is -2.03. The number of fused-ring (bicyclic) bond motifs is 2. The Morgan fingerprint density at radius 2 is 1.13 bits per heavy atom. The standard InChI is InChI=1S/2C8H11N5O2/c2*1-14-2-3-15-8-12-6(9)5-7(13-8)11-4-10-5/h2*4H,2-3H2,1H3,(H3,9,10,11,12,13). The van der Waals surface area contributed by atoms with Crippen molar-refractivity contribution in [1.29, 1.82) is 0 Å². The number of methoxy groups -OCH3 is 2. The van der Waals surface area contributed by atoms with Crippen LogP contribution in [0.15, 0.2) is 12.7 Å². The Labute approximate surface area is 170 Å². The van der Waals surface area contributed by atoms with Crippen LogP contribution in [0.1, 0.15) is 0 Å². The third-order valence-electron chi connectivity index (χ3n) is 3.62. The lowest BCUT2D eigenvalue weighted by molar-refractivity contribution is 0.141. The van der Waals surface area contributed by atoms with Crippen molar-refractivity contribution in [2.75, 3.05) is 52.1 Å². The summed E-state index contributed by atoms with van der Waals surface area (Å²) >= 11 is 0. The van der Waals surface area contributed by atoms with Gasteiger partial charge in [-0.2, -0.15) is 19.9 Å². The van der Waals surface area contributed by atoms with Gasteiger partial charge in [0.05, 0.1) is 25.9 Å². The van der Waals surface area contributed by atoms with Crippen molar-refractivity contribution >= 4 is 34.0 Å². The van der Waals surface area contributed by atoms with Crippen LogP contribution in [-0.2, 0) is 9.47 Å². The van der Waals surface area contributed by atoms with Crippen molar-refractivity contribution in [3.8, 4) is 12.0 Å². The first-order chi connectivity index (χ1) is 14.6. The quantitative estimate of drug-likeness (QED) is 0.278. The fraction of sp³-hybridized carbons (Fsp3) is 0.375. The van der Waals surface area contributed by atoms with Gasteiger partial charge in [-0.15, -0.1) is 0 Å². The molecule has 160 valence electrons. The van der Waals surface area contributed by atoms with Crippen molar-refractivity contribution in [1.82, 2.24) is 39.9 Å². The molecule has 4 heterocycles. The van der Waals surface area contributed by atoms with Crippen molar-refractivity contribution in [2.45, 2.75) is 0 Å². The second-order valence-corrected chi connectivity index (χ2v) is 5.67. The molecule has 4 rings (SSSR count). The van der Waals surface area contributed by atoms with Crippen molar-refractivity contribution < 1.29 is 18.9 Å². The summed E-state index contributed by atoms with van der Waals surface area (Å²) in [5.41, 5.74) is 13.6. The molecule has 0 bridgehead atoms. The minimum Gasteiger partial charge on any atom is -0.461 e. The van der Waals surface area contributed by atoms with Crippen LogP contribution >= 0.6 is 0 Å². The molecular weight excluding hydrogens is 396 g/mol. The van der Waals surface area contributed by atoms with Crippen LogP contribution in [0.4, 0.5) is 11.6 Å². The van der Waals surface area contributed by atoms with Gasteiger partial charge in [-0.1, -0.05) is 0 Å². The molecule has 0 saturated carbocycles. The van der Waals surface area contributed by atoms with Gasteiger partial charge in [-0.25, -0.2) is 9.97 Å². The molecule has 0 fully saturated rings. The smallest absolute Gasteiger partial charge is 0.320 e. The van der Waals surface area contributed by atoms with Crippen LogP contribution in [0.3, 0.4) is 0 Å². The third kappa shape index (κ3) is 5.18. The van der Waals surface area contributed by atoms with Gasteiger partial charge in [0.25, 0.3) is 0 Å². The van der Waals surface area contributed by atoms with Crippen LogP contribution in [0.5, 0.6) is 12.0 Å². The molecule has 0 saturated heterocycles. The normalized spacial score (nSPS) is 10.7. The minimum absolute atomic E-state index is 0.212. The number of anilines is 2. The summed E-state index contributed by atoms with van der Waals surface area (Å²) in [7, 11) is 3.19. The molecule has 30 heavy (non-hydrogen) atoms. The van der Waals surface area contributed by atoms with E-state index in [0.717, 1.165) is 0 Å². The Hall–Kier alpha value is -3.78. The molecular formula is C16H22N10O4. The van der Waals surface area contributed by atoms with Crippen LogP contribution < -0.4 is 20.9 Å². The number of nitrogen functional groups attached to an aromatic ring is 2. The topological polar surface area (TPSA) is 198 Å². The maximum atomic E-state index is 5.67. The van der Waals surface area contributed by atoms with E-state index in [2.05, 4.69) is 39.9 Å². The number of nitrogens with two attached hydrogens (primary N) is 2. The molecule has 4 aromatic heterocycles. The number of hydrogen-bond acceptors (Lipinski definition) is 12. The van der Waals surface area contributed by atoms with E-state index < -0.39 is 0 Å². The highest BCUT2D eigenvalue weighted by molar-refractivity contribution is 5.81. The highest BCUT2D eigenvalue weighted by atomic mass is 16.5. The van der Waals surface area contributed by atoms with E-state index >= 15 is 0 Å². The zero-order valence-electron chi connectivity index (χ0n) is 16.5. The second-order valence-electron chi connectivity index (χ2n) is 5.67. The lowest BCUT2D eigenvalue weighted by Crippen LogP contribution is -2.07. The van der Waals surface area contributed by atoms with E-state index in [-0.39, 0.29) is 12.0 Å². The number of aromatic amines is 2. The van der Waals surface area contributed by atoms with Crippen molar-refractivity contribution in [3.05, 3.63) is 12.7 Å². The maximum Gasteiger partial charge on any atom is 0.320 e. The van der Waals surface area contributed by atoms with Gasteiger partial charge >= 0.3 is 12.0 Å². The fourth-order valence-electron chi connectivity index (χ4n) is 2.23. The van der Waals surface area contributed by atoms with Gasteiger partial charge in [0.1, 0.15) is 24.2 Å². The van der Waals surface area contributed by atoms with Crippen LogP contribution in [0, 0.1) is 0 Å². The number of rotatable bonds is 8. The number of nitrogens with zero attached hydrogens (tertiary/aromatic N) is 6. The summed E-state index contributed by atoms with van der Waals surface area (Å²) in [5, 5.41) is 0. The zero-order chi connectivity index (χ0) is 21.3. The number of ether oxygens (including phenoxy) is 4. The third-order valence-corrected chi connectivity index (χ3v) is 3.62. The summed E-state index contributed by atoms with van der Waals surface area (Å²) in [6, 6.07) is 0.424. The van der Waals surface area contributed by atoms with Crippen LogP contribution in [-0.4, -0.2) is 80.5 Å². The van der Waals surface area contributed by atoms with Crippen LogP contribution in [0.2, 0.25) is 0 Å². The average Bonchev–Trinajstić information content (AvgIpc) is 3.39. The number of imidazole rings is 2. The number of aromatic nitrogens is 8. The maximum absolute atomic E-state index is 5.67. The summed E-state index contributed by atoms with van der Waals surface area (Å²) in [6.07, 6.45) is 3.02. The molecule has 14 nitrogen and oxygen atoms in total. The summed E-state index contributed by atoms with van der Waals surface area (Å²) in [4.78, 5) is 29.7. The molecule has 0 aliphatic heterocycles. The van der Waals surface area contributed by atoms with Gasteiger partial charge in [0.2, 0.25) is 0 Å². The Morgan fingerprint density at radius 1 is 0.700 bits per heavy atom. The Morgan fingerprint density at radius 3 is 1.53 bits per heavy atom. The van der Waals surface area contributed by atoms with E-state index in [1.165, 1.54) is 12.7 Å². The minimum atomic E-state index is 0.212. The van der Waals surface area contributed by atoms with E-state index in [1.54, 1.807) is 14.2 Å². The van der Waals surface area contributed by atoms with Gasteiger partial charge in [0, 0.05) is 14.2 Å². The molecule has 0 amide bonds. The first kappa shape index (κ1) is 20.9. The fourth-order valence-corrected chi connectivity index (χ4v) is 2.23. The molecule has 6 N–H and O–H groups in total. The number of H-pyrrole nitrogens is 2. The summed E-state index contributed by atoms with van der Waals surface area (Å²) in [6.45, 7) is 1.71. The predicted octanol–water partition coefficient (Wildman–Crippen LogP) is -0.0794. The first-order valence-electron chi connectivity index (χ1n) is 8.79. The summed E-state index contributed by atoms with van der Waals surface area (Å²) in [5.74, 6) is 0.648. The SMILES string of the molecule is COCCOc1nc(N)c2[nH]cnc2n1.COCCOc1nc(N)c2[nH]cnc2n1. The second kappa shape index (κ2) is 10.1. The predicted molar refractivity (Wildman–Crippen MR) is 107 cm³/mol. The molecule has 0 spiro atoms. The molecule has 0 aliphatic rings. The van der Waals surface area contributed by atoms with E-state index in [1.807, 2.05) is 0 Å². The van der Waals surface area contributed by atoms with Gasteiger partial charge in [-0.3, -0.25) is 0 Å². The number of hydrogen-bond donors (Lipinski definition) is 4. The van der Waals surface area contributed by atoms with E-state index in [9.17, 15) is 0 Å². The Balaban J connectivity index is 0.000000171. The van der Waals surface area contributed by atoms with E-state index in [4.69, 9.17) is 30.4 Å². The van der Waals surface area contributed by atoms with Gasteiger partial charge in [0.15, 0.2) is 22.9 Å².